The van der Waals surface area contributed by atoms with Crippen LogP contribution in [0, 0.1) is 6.92 Å². The van der Waals surface area contributed by atoms with Gasteiger partial charge in [-0.25, -0.2) is 9.97 Å². The van der Waals surface area contributed by atoms with Gasteiger partial charge in [0.15, 0.2) is 0 Å². The number of aryl methyl sites for hydroxylation is 1. The van der Waals surface area contributed by atoms with Crippen molar-refractivity contribution in [3.63, 3.8) is 0 Å². The first-order valence-electron chi connectivity index (χ1n) is 9.55. The number of primary amides is 1. The Labute approximate surface area is 169 Å². The van der Waals surface area contributed by atoms with Crippen molar-refractivity contribution in [1.29, 1.82) is 0 Å². The molecule has 1 atom stereocenters. The number of likely N-dealkylation sites (tertiary alicyclic amines) is 1. The summed E-state index contributed by atoms with van der Waals surface area (Å²) in [5.41, 5.74) is 8.77. The molecule has 0 radical (unpaired) electrons. The smallest absolute Gasteiger partial charge is 0.250 e. The lowest BCUT2D eigenvalue weighted by atomic mass is 9.91. The Morgan fingerprint density at radius 3 is 2.68 bits per heavy atom. The zero-order chi connectivity index (χ0) is 19.7. The lowest BCUT2D eigenvalue weighted by Gasteiger charge is -2.34. The van der Waals surface area contributed by atoms with Crippen molar-refractivity contribution >= 4 is 28.4 Å². The van der Waals surface area contributed by atoms with E-state index >= 15 is 0 Å². The molecular weight excluding hydrogens is 372 g/mol. The largest absolute Gasteiger partial charge is 0.366 e. The maximum absolute atomic E-state index is 11.9. The SMILES string of the molecule is Cc1nc(CC(CN2CCC2)c2cccc(Cl)c2)c2cccc(C(N)=O)c2n1. The summed E-state index contributed by atoms with van der Waals surface area (Å²) in [6.45, 7) is 5.07. The summed E-state index contributed by atoms with van der Waals surface area (Å²) < 4.78 is 0. The van der Waals surface area contributed by atoms with Gasteiger partial charge in [0.05, 0.1) is 16.8 Å². The molecule has 0 saturated carbocycles. The molecule has 1 aliphatic rings. The van der Waals surface area contributed by atoms with Crippen LogP contribution in [0.4, 0.5) is 0 Å². The molecule has 6 heteroatoms. The fourth-order valence-electron chi connectivity index (χ4n) is 3.85. The molecule has 1 unspecified atom stereocenters. The molecule has 2 aromatic carbocycles. The molecule has 0 spiro atoms. The van der Waals surface area contributed by atoms with Gasteiger partial charge in [0, 0.05) is 22.9 Å². The van der Waals surface area contributed by atoms with Crippen molar-refractivity contribution in [1.82, 2.24) is 14.9 Å². The van der Waals surface area contributed by atoms with E-state index in [1.54, 1.807) is 6.07 Å². The average Bonchev–Trinajstić information content (AvgIpc) is 2.62. The third-order valence-corrected chi connectivity index (χ3v) is 5.60. The summed E-state index contributed by atoms with van der Waals surface area (Å²) in [6.07, 6.45) is 2.00. The Morgan fingerprint density at radius 2 is 2.00 bits per heavy atom. The Balaban J connectivity index is 1.76. The molecule has 2 N–H and O–H groups in total. The quantitative estimate of drug-likeness (QED) is 0.691. The summed E-state index contributed by atoms with van der Waals surface area (Å²) in [6, 6.07) is 13.6. The van der Waals surface area contributed by atoms with E-state index in [0.29, 0.717) is 16.9 Å². The lowest BCUT2D eigenvalue weighted by molar-refractivity contribution is 0.100. The molecule has 1 fully saturated rings. The molecule has 1 amide bonds. The first-order valence-corrected chi connectivity index (χ1v) is 9.93. The highest BCUT2D eigenvalue weighted by Crippen LogP contribution is 2.29. The normalized spacial score (nSPS) is 15.4. The summed E-state index contributed by atoms with van der Waals surface area (Å²) >= 11 is 6.26. The lowest BCUT2D eigenvalue weighted by Crippen LogP contribution is -2.40. The molecule has 144 valence electrons. The minimum Gasteiger partial charge on any atom is -0.366 e. The van der Waals surface area contributed by atoms with Gasteiger partial charge < -0.3 is 10.6 Å². The van der Waals surface area contributed by atoms with E-state index in [-0.39, 0.29) is 5.92 Å². The number of aromatic nitrogens is 2. The van der Waals surface area contributed by atoms with Gasteiger partial charge in [0.1, 0.15) is 5.82 Å². The predicted octanol–water partition coefficient (Wildman–Crippen LogP) is 3.72. The Hall–Kier alpha value is -2.50. The van der Waals surface area contributed by atoms with Gasteiger partial charge in [-0.1, -0.05) is 35.9 Å². The number of para-hydroxylation sites is 1. The highest BCUT2D eigenvalue weighted by atomic mass is 35.5. The molecule has 3 aromatic rings. The number of carbonyl (C=O) groups excluding carboxylic acids is 1. The van der Waals surface area contributed by atoms with E-state index in [4.69, 9.17) is 22.3 Å². The second kappa shape index (κ2) is 7.86. The number of rotatable bonds is 6. The van der Waals surface area contributed by atoms with Crippen LogP contribution in [0.15, 0.2) is 42.5 Å². The summed E-state index contributed by atoms with van der Waals surface area (Å²) in [7, 11) is 0. The Morgan fingerprint density at radius 1 is 1.21 bits per heavy atom. The van der Waals surface area contributed by atoms with Crippen LogP contribution in [0.5, 0.6) is 0 Å². The number of fused-ring (bicyclic) bond motifs is 1. The average molecular weight is 395 g/mol. The monoisotopic (exact) mass is 394 g/mol. The van der Waals surface area contributed by atoms with Gasteiger partial charge in [-0.15, -0.1) is 0 Å². The van der Waals surface area contributed by atoms with Crippen LogP contribution >= 0.6 is 11.6 Å². The molecule has 1 aromatic heterocycles. The first-order chi connectivity index (χ1) is 13.5. The third kappa shape index (κ3) is 3.86. The molecule has 0 aliphatic carbocycles. The van der Waals surface area contributed by atoms with Crippen molar-refractivity contribution in [2.24, 2.45) is 5.73 Å². The van der Waals surface area contributed by atoms with Gasteiger partial charge >= 0.3 is 0 Å². The van der Waals surface area contributed by atoms with E-state index < -0.39 is 5.91 Å². The minimum absolute atomic E-state index is 0.258. The van der Waals surface area contributed by atoms with Crippen molar-refractivity contribution in [3.8, 4) is 0 Å². The highest BCUT2D eigenvalue weighted by Gasteiger charge is 2.23. The van der Waals surface area contributed by atoms with Gasteiger partial charge in [0.2, 0.25) is 0 Å². The topological polar surface area (TPSA) is 72.1 Å². The number of halogens is 1. The van der Waals surface area contributed by atoms with Crippen LogP contribution < -0.4 is 5.73 Å². The number of amides is 1. The van der Waals surface area contributed by atoms with Gasteiger partial charge in [-0.05, 0) is 56.6 Å². The molecule has 0 bridgehead atoms. The summed E-state index contributed by atoms with van der Waals surface area (Å²) in [4.78, 5) is 23.5. The fourth-order valence-corrected chi connectivity index (χ4v) is 4.05. The predicted molar refractivity (Wildman–Crippen MR) is 112 cm³/mol. The number of hydrogen-bond donors (Lipinski definition) is 1. The minimum atomic E-state index is -0.471. The van der Waals surface area contributed by atoms with Crippen LogP contribution in [0.2, 0.25) is 5.02 Å². The Bertz CT molecular complexity index is 1030. The fraction of sp³-hybridized carbons (Fsp3) is 0.318. The van der Waals surface area contributed by atoms with Crippen LogP contribution in [0.25, 0.3) is 10.9 Å². The summed E-state index contributed by atoms with van der Waals surface area (Å²) in [5, 5.41) is 1.63. The van der Waals surface area contributed by atoms with Gasteiger partial charge in [-0.2, -0.15) is 0 Å². The molecule has 28 heavy (non-hydrogen) atoms. The maximum atomic E-state index is 11.9. The number of benzene rings is 2. The maximum Gasteiger partial charge on any atom is 0.250 e. The van der Waals surface area contributed by atoms with E-state index in [1.165, 1.54) is 12.0 Å². The van der Waals surface area contributed by atoms with Crippen LogP contribution in [-0.2, 0) is 6.42 Å². The number of carbonyl (C=O) groups is 1. The van der Waals surface area contributed by atoms with Gasteiger partial charge in [-0.3, -0.25) is 4.79 Å². The van der Waals surface area contributed by atoms with Crippen LogP contribution in [-0.4, -0.2) is 40.4 Å². The van der Waals surface area contributed by atoms with Crippen molar-refractivity contribution < 1.29 is 4.79 Å². The van der Waals surface area contributed by atoms with E-state index in [1.807, 2.05) is 37.3 Å². The number of hydrogen-bond acceptors (Lipinski definition) is 4. The molecule has 1 saturated heterocycles. The molecule has 4 rings (SSSR count). The summed E-state index contributed by atoms with van der Waals surface area (Å²) in [5.74, 6) is 0.431. The van der Waals surface area contributed by atoms with Crippen molar-refractivity contribution in [3.05, 3.63) is 70.1 Å². The van der Waals surface area contributed by atoms with Crippen LogP contribution in [0.3, 0.4) is 0 Å². The second-order valence-electron chi connectivity index (χ2n) is 7.39. The molecule has 1 aliphatic heterocycles. The first kappa shape index (κ1) is 18.8. The van der Waals surface area contributed by atoms with E-state index in [9.17, 15) is 4.79 Å². The standard InChI is InChI=1S/C22H23ClN4O/c1-14-25-20(18-7-3-8-19(22(24)28)21(18)26-14)12-16(13-27-9-4-10-27)15-5-2-6-17(23)11-15/h2-3,5-8,11,16H,4,9-10,12-13H2,1H3,(H2,24,28). The zero-order valence-electron chi connectivity index (χ0n) is 15.9. The van der Waals surface area contributed by atoms with Crippen molar-refractivity contribution in [2.45, 2.75) is 25.7 Å². The number of nitrogens with two attached hydrogens (primary N) is 1. The Kier molecular flexibility index (Phi) is 5.29. The molecular formula is C22H23ClN4O. The van der Waals surface area contributed by atoms with Crippen LogP contribution in [0.1, 0.15) is 39.8 Å². The van der Waals surface area contributed by atoms with Gasteiger partial charge in [0.25, 0.3) is 5.91 Å². The third-order valence-electron chi connectivity index (χ3n) is 5.37. The van der Waals surface area contributed by atoms with E-state index in [0.717, 1.165) is 42.2 Å². The highest BCUT2D eigenvalue weighted by molar-refractivity contribution is 6.30. The molecule has 5 nitrogen and oxygen atoms in total. The second-order valence-corrected chi connectivity index (χ2v) is 7.83. The number of nitrogens with zero attached hydrogens (tertiary/aromatic N) is 3. The molecule has 2 heterocycles. The zero-order valence-corrected chi connectivity index (χ0v) is 16.6. The van der Waals surface area contributed by atoms with E-state index in [2.05, 4.69) is 16.0 Å². The van der Waals surface area contributed by atoms with Crippen molar-refractivity contribution in [2.75, 3.05) is 19.6 Å².